The molecule has 0 atom stereocenters. The zero-order chi connectivity index (χ0) is 22.6. The summed E-state index contributed by atoms with van der Waals surface area (Å²) in [5, 5.41) is 15.4. The molecule has 0 bridgehead atoms. The normalized spacial score (nSPS) is 14.4. The highest BCUT2D eigenvalue weighted by Crippen LogP contribution is 2.23. The Labute approximate surface area is 189 Å². The molecule has 0 aliphatic carbocycles. The number of carbonyl (C=O) groups excluding carboxylic acids is 1. The summed E-state index contributed by atoms with van der Waals surface area (Å²) in [6.07, 6.45) is 4.71. The minimum atomic E-state index is -0.328. The second-order valence-electron chi connectivity index (χ2n) is 7.86. The summed E-state index contributed by atoms with van der Waals surface area (Å²) in [6, 6.07) is 13.1. The molecule has 4 aromatic rings. The predicted octanol–water partition coefficient (Wildman–Crippen LogP) is 2.98. The molecular formula is C23H22FN7O2. The van der Waals surface area contributed by atoms with Crippen LogP contribution < -0.4 is 15.0 Å². The third kappa shape index (κ3) is 4.89. The molecule has 33 heavy (non-hydrogen) atoms. The van der Waals surface area contributed by atoms with E-state index in [0.29, 0.717) is 23.8 Å². The smallest absolute Gasteiger partial charge is 0.223 e. The first kappa shape index (κ1) is 20.8. The number of hydrogen-bond donors (Lipinski definition) is 1. The zero-order valence-corrected chi connectivity index (χ0v) is 17.8. The third-order valence-corrected chi connectivity index (χ3v) is 5.64. The maximum Gasteiger partial charge on any atom is 0.223 e. The van der Waals surface area contributed by atoms with Crippen molar-refractivity contribution in [2.75, 3.05) is 18.0 Å². The van der Waals surface area contributed by atoms with Gasteiger partial charge in [-0.15, -0.1) is 15.3 Å². The highest BCUT2D eigenvalue weighted by molar-refractivity contribution is 5.79. The van der Waals surface area contributed by atoms with Crippen LogP contribution in [0, 0.1) is 11.7 Å². The topological polar surface area (TPSA) is 97.5 Å². The second-order valence-corrected chi connectivity index (χ2v) is 7.86. The number of aromatic nitrogens is 5. The van der Waals surface area contributed by atoms with Gasteiger partial charge in [-0.05, 0) is 60.9 Å². The van der Waals surface area contributed by atoms with Crippen molar-refractivity contribution in [1.29, 1.82) is 0 Å². The summed E-state index contributed by atoms with van der Waals surface area (Å²) in [6.45, 7) is 1.89. The van der Waals surface area contributed by atoms with E-state index >= 15 is 0 Å². The number of benzene rings is 1. The standard InChI is InChI=1S/C23H22FN7O2/c24-18-1-3-19(4-2-18)33-22-13-16(7-10-25-22)14-26-23(32)17-8-11-30(12-9-17)21-6-5-20-28-27-15-31(20)29-21/h1-7,10,13,15,17H,8-9,11-12,14H2,(H,26,32). The molecule has 5 rings (SSSR count). The molecule has 0 saturated carbocycles. The lowest BCUT2D eigenvalue weighted by Crippen LogP contribution is -2.40. The predicted molar refractivity (Wildman–Crippen MR) is 118 cm³/mol. The van der Waals surface area contributed by atoms with Gasteiger partial charge in [-0.1, -0.05) is 0 Å². The van der Waals surface area contributed by atoms with Crippen molar-refractivity contribution in [3.63, 3.8) is 0 Å². The Hall–Kier alpha value is -4.08. The fourth-order valence-electron chi connectivity index (χ4n) is 3.83. The van der Waals surface area contributed by atoms with E-state index in [9.17, 15) is 9.18 Å². The van der Waals surface area contributed by atoms with Crippen LogP contribution in [0.1, 0.15) is 18.4 Å². The molecule has 1 aliphatic heterocycles. The van der Waals surface area contributed by atoms with E-state index < -0.39 is 0 Å². The van der Waals surface area contributed by atoms with Crippen molar-refractivity contribution in [2.45, 2.75) is 19.4 Å². The van der Waals surface area contributed by atoms with Gasteiger partial charge in [-0.3, -0.25) is 4.79 Å². The highest BCUT2D eigenvalue weighted by atomic mass is 19.1. The number of nitrogens with one attached hydrogen (secondary N) is 1. The molecule has 0 spiro atoms. The second kappa shape index (κ2) is 9.19. The van der Waals surface area contributed by atoms with E-state index in [-0.39, 0.29) is 17.6 Å². The van der Waals surface area contributed by atoms with Crippen LogP contribution >= 0.6 is 0 Å². The van der Waals surface area contributed by atoms with E-state index in [1.807, 2.05) is 18.2 Å². The van der Waals surface area contributed by atoms with Gasteiger partial charge in [0.2, 0.25) is 11.8 Å². The van der Waals surface area contributed by atoms with Gasteiger partial charge in [0.1, 0.15) is 23.7 Å². The Kier molecular flexibility index (Phi) is 5.79. The number of ether oxygens (including phenoxy) is 1. The van der Waals surface area contributed by atoms with Gasteiger partial charge < -0.3 is 15.0 Å². The van der Waals surface area contributed by atoms with Crippen molar-refractivity contribution >= 4 is 17.4 Å². The van der Waals surface area contributed by atoms with Gasteiger partial charge in [-0.2, -0.15) is 4.52 Å². The fraction of sp³-hybridized carbons (Fsp3) is 0.261. The monoisotopic (exact) mass is 447 g/mol. The van der Waals surface area contributed by atoms with Crippen molar-refractivity contribution in [1.82, 2.24) is 30.1 Å². The zero-order valence-electron chi connectivity index (χ0n) is 17.8. The van der Waals surface area contributed by atoms with Crippen molar-refractivity contribution in [3.8, 4) is 11.6 Å². The molecule has 1 N–H and O–H groups in total. The van der Waals surface area contributed by atoms with Crippen LogP contribution in [-0.4, -0.2) is 43.8 Å². The first-order valence-corrected chi connectivity index (χ1v) is 10.7. The first-order valence-electron chi connectivity index (χ1n) is 10.7. The average molecular weight is 447 g/mol. The largest absolute Gasteiger partial charge is 0.439 e. The number of pyridine rings is 1. The molecule has 1 saturated heterocycles. The minimum Gasteiger partial charge on any atom is -0.439 e. The van der Waals surface area contributed by atoms with E-state index in [0.717, 1.165) is 37.3 Å². The number of anilines is 1. The van der Waals surface area contributed by atoms with Crippen LogP contribution in [0.15, 0.2) is 61.1 Å². The lowest BCUT2D eigenvalue weighted by atomic mass is 9.96. The van der Waals surface area contributed by atoms with Gasteiger partial charge >= 0.3 is 0 Å². The number of fused-ring (bicyclic) bond motifs is 1. The molecule has 168 valence electrons. The summed E-state index contributed by atoms with van der Waals surface area (Å²) in [5.74, 6) is 1.40. The molecule has 10 heteroatoms. The van der Waals surface area contributed by atoms with E-state index in [1.165, 1.54) is 24.3 Å². The summed E-state index contributed by atoms with van der Waals surface area (Å²) in [5.41, 5.74) is 1.58. The van der Waals surface area contributed by atoms with Crippen LogP contribution in [0.25, 0.3) is 5.65 Å². The van der Waals surface area contributed by atoms with Crippen LogP contribution in [0.5, 0.6) is 11.6 Å². The summed E-state index contributed by atoms with van der Waals surface area (Å²) in [4.78, 5) is 19.1. The highest BCUT2D eigenvalue weighted by Gasteiger charge is 2.25. The summed E-state index contributed by atoms with van der Waals surface area (Å²) in [7, 11) is 0. The van der Waals surface area contributed by atoms with E-state index in [2.05, 4.69) is 30.5 Å². The minimum absolute atomic E-state index is 0.0367. The molecule has 1 aromatic carbocycles. The van der Waals surface area contributed by atoms with Crippen LogP contribution in [0.4, 0.5) is 10.2 Å². The Bertz CT molecular complexity index is 1250. The van der Waals surface area contributed by atoms with Crippen LogP contribution in [-0.2, 0) is 11.3 Å². The van der Waals surface area contributed by atoms with Gasteiger partial charge in [0.05, 0.1) is 0 Å². The molecule has 0 radical (unpaired) electrons. The van der Waals surface area contributed by atoms with Gasteiger partial charge in [0, 0.05) is 37.8 Å². The van der Waals surface area contributed by atoms with Crippen molar-refractivity contribution in [2.24, 2.45) is 5.92 Å². The summed E-state index contributed by atoms with van der Waals surface area (Å²) < 4.78 is 20.4. The Morgan fingerprint density at radius 3 is 2.76 bits per heavy atom. The van der Waals surface area contributed by atoms with Crippen molar-refractivity contribution < 1.29 is 13.9 Å². The quantitative estimate of drug-likeness (QED) is 0.485. The Balaban J connectivity index is 1.13. The van der Waals surface area contributed by atoms with E-state index in [1.54, 1.807) is 23.1 Å². The third-order valence-electron chi connectivity index (χ3n) is 5.64. The lowest BCUT2D eigenvalue weighted by Gasteiger charge is -2.32. The fourth-order valence-corrected chi connectivity index (χ4v) is 3.83. The van der Waals surface area contributed by atoms with Gasteiger partial charge in [0.15, 0.2) is 5.65 Å². The SMILES string of the molecule is O=C(NCc1ccnc(Oc2ccc(F)cc2)c1)C1CCN(c2ccc3nncn3n2)CC1. The van der Waals surface area contributed by atoms with Gasteiger partial charge in [0.25, 0.3) is 0 Å². The van der Waals surface area contributed by atoms with Gasteiger partial charge in [-0.25, -0.2) is 9.37 Å². The number of hydrogen-bond acceptors (Lipinski definition) is 7. The molecule has 4 heterocycles. The Morgan fingerprint density at radius 1 is 1.12 bits per heavy atom. The van der Waals surface area contributed by atoms with Crippen LogP contribution in [0.2, 0.25) is 0 Å². The van der Waals surface area contributed by atoms with E-state index in [4.69, 9.17) is 4.74 Å². The number of piperidine rings is 1. The number of carbonyl (C=O) groups is 1. The van der Waals surface area contributed by atoms with Crippen molar-refractivity contribution in [3.05, 3.63) is 72.4 Å². The number of halogens is 1. The molecule has 0 unspecified atom stereocenters. The average Bonchev–Trinajstić information content (AvgIpc) is 3.32. The molecule has 9 nitrogen and oxygen atoms in total. The molecule has 1 aliphatic rings. The maximum absolute atomic E-state index is 13.0. The summed E-state index contributed by atoms with van der Waals surface area (Å²) >= 11 is 0. The first-order chi connectivity index (χ1) is 16.1. The van der Waals surface area contributed by atoms with Crippen LogP contribution in [0.3, 0.4) is 0 Å². The number of rotatable bonds is 6. The lowest BCUT2D eigenvalue weighted by molar-refractivity contribution is -0.125. The number of nitrogens with zero attached hydrogens (tertiary/aromatic N) is 6. The molecule has 3 aromatic heterocycles. The molecule has 1 amide bonds. The molecule has 1 fully saturated rings. The number of amides is 1. The maximum atomic E-state index is 13.0. The molecular weight excluding hydrogens is 425 g/mol. The Morgan fingerprint density at radius 2 is 1.94 bits per heavy atom.